The molecule has 0 bridgehead atoms. The number of hydrogen-bond donors (Lipinski definition) is 1. The first kappa shape index (κ1) is 16.6. The molecule has 0 aliphatic heterocycles. The van der Waals surface area contributed by atoms with Gasteiger partial charge in [-0.2, -0.15) is 0 Å². The van der Waals surface area contributed by atoms with Crippen LogP contribution in [0.4, 0.5) is 4.79 Å². The summed E-state index contributed by atoms with van der Waals surface area (Å²) >= 11 is 3.46. The number of carbonyl (C=O) groups is 1. The Hall–Kier alpha value is -1.81. The van der Waals surface area contributed by atoms with Crippen LogP contribution in [0, 0.1) is 0 Å². The molecule has 0 unspecified atom stereocenters. The van der Waals surface area contributed by atoms with Crippen molar-refractivity contribution in [2.24, 2.45) is 0 Å². The molecule has 2 atom stereocenters. The number of nitrogens with zero attached hydrogens (tertiary/aromatic N) is 1. The lowest BCUT2D eigenvalue weighted by Crippen LogP contribution is -2.39. The molecule has 0 saturated carbocycles. The van der Waals surface area contributed by atoms with E-state index in [1.165, 1.54) is 0 Å². The largest absolute Gasteiger partial charge is 0.331 e. The van der Waals surface area contributed by atoms with E-state index in [0.717, 1.165) is 15.6 Å². The first-order chi connectivity index (χ1) is 10.5. The van der Waals surface area contributed by atoms with E-state index in [9.17, 15) is 4.79 Å². The molecular weight excluding hydrogens is 340 g/mol. The summed E-state index contributed by atoms with van der Waals surface area (Å²) in [5.74, 6) is 0. The van der Waals surface area contributed by atoms with Gasteiger partial charge < -0.3 is 10.2 Å². The van der Waals surface area contributed by atoms with Crippen molar-refractivity contribution in [3.8, 4) is 0 Å². The highest BCUT2D eigenvalue weighted by molar-refractivity contribution is 9.10. The maximum Gasteiger partial charge on any atom is 0.318 e. The Balaban J connectivity index is 2.02. The van der Waals surface area contributed by atoms with E-state index in [1.807, 2.05) is 75.5 Å². The lowest BCUT2D eigenvalue weighted by atomic mass is 10.1. The van der Waals surface area contributed by atoms with Crippen molar-refractivity contribution in [1.29, 1.82) is 0 Å². The number of amides is 2. The predicted octanol–water partition coefficient (Wildman–Crippen LogP) is 4.91. The summed E-state index contributed by atoms with van der Waals surface area (Å²) in [5, 5.41) is 3.04. The van der Waals surface area contributed by atoms with Gasteiger partial charge in [-0.05, 0) is 37.1 Å². The molecule has 2 amide bonds. The van der Waals surface area contributed by atoms with Gasteiger partial charge in [0.25, 0.3) is 0 Å². The van der Waals surface area contributed by atoms with Crippen LogP contribution in [-0.2, 0) is 0 Å². The normalized spacial score (nSPS) is 13.3. The summed E-state index contributed by atoms with van der Waals surface area (Å²) in [7, 11) is 1.82. The minimum atomic E-state index is -0.0798. The van der Waals surface area contributed by atoms with Crippen LogP contribution in [0.5, 0.6) is 0 Å². The SMILES string of the molecule is C[C@@H](NC(=O)N(C)[C@@H](C)c1ccccc1)c1cccc(Br)c1. The van der Waals surface area contributed by atoms with Crippen LogP contribution in [0.25, 0.3) is 0 Å². The van der Waals surface area contributed by atoms with Crippen LogP contribution >= 0.6 is 15.9 Å². The fraction of sp³-hybridized carbons (Fsp3) is 0.278. The van der Waals surface area contributed by atoms with Crippen molar-refractivity contribution in [3.63, 3.8) is 0 Å². The molecule has 2 rings (SSSR count). The van der Waals surface area contributed by atoms with Gasteiger partial charge in [-0.3, -0.25) is 0 Å². The molecule has 2 aromatic carbocycles. The summed E-state index contributed by atoms with van der Waals surface area (Å²) in [4.78, 5) is 14.2. The molecule has 116 valence electrons. The molecule has 3 nitrogen and oxygen atoms in total. The average molecular weight is 361 g/mol. The highest BCUT2D eigenvalue weighted by Crippen LogP contribution is 2.21. The Morgan fingerprint density at radius 1 is 1.05 bits per heavy atom. The number of halogens is 1. The Kier molecular flexibility index (Phi) is 5.61. The van der Waals surface area contributed by atoms with E-state index >= 15 is 0 Å². The Labute approximate surface area is 140 Å². The number of benzene rings is 2. The zero-order valence-corrected chi connectivity index (χ0v) is 14.7. The lowest BCUT2D eigenvalue weighted by Gasteiger charge is -2.27. The van der Waals surface area contributed by atoms with Crippen molar-refractivity contribution in [3.05, 3.63) is 70.2 Å². The maximum atomic E-state index is 12.4. The molecule has 0 heterocycles. The summed E-state index contributed by atoms with van der Waals surface area (Å²) in [6.45, 7) is 4.01. The van der Waals surface area contributed by atoms with Gasteiger partial charge in [-0.25, -0.2) is 4.79 Å². The van der Waals surface area contributed by atoms with Crippen LogP contribution in [-0.4, -0.2) is 18.0 Å². The molecule has 0 radical (unpaired) electrons. The van der Waals surface area contributed by atoms with Crippen molar-refractivity contribution < 1.29 is 4.79 Å². The number of nitrogens with one attached hydrogen (secondary N) is 1. The first-order valence-corrected chi connectivity index (χ1v) is 8.12. The van der Waals surface area contributed by atoms with Gasteiger partial charge in [0.2, 0.25) is 0 Å². The van der Waals surface area contributed by atoms with E-state index in [0.29, 0.717) is 0 Å². The number of carbonyl (C=O) groups excluding carboxylic acids is 1. The maximum absolute atomic E-state index is 12.4. The van der Waals surface area contributed by atoms with Crippen molar-refractivity contribution in [2.45, 2.75) is 25.9 Å². The van der Waals surface area contributed by atoms with E-state index in [4.69, 9.17) is 0 Å². The number of rotatable bonds is 4. The average Bonchev–Trinajstić information content (AvgIpc) is 2.54. The van der Waals surface area contributed by atoms with E-state index in [-0.39, 0.29) is 18.1 Å². The third-order valence-electron chi connectivity index (χ3n) is 3.87. The zero-order valence-electron chi connectivity index (χ0n) is 13.1. The Bertz CT molecular complexity index is 630. The number of urea groups is 1. The third kappa shape index (κ3) is 4.10. The van der Waals surface area contributed by atoms with Crippen molar-refractivity contribution >= 4 is 22.0 Å². The quantitative estimate of drug-likeness (QED) is 0.824. The summed E-state index contributed by atoms with van der Waals surface area (Å²) < 4.78 is 1.01. The molecule has 0 aliphatic carbocycles. The van der Waals surface area contributed by atoms with E-state index in [1.54, 1.807) is 4.90 Å². The lowest BCUT2D eigenvalue weighted by molar-refractivity contribution is 0.191. The molecule has 2 aromatic rings. The first-order valence-electron chi connectivity index (χ1n) is 7.32. The second-order valence-electron chi connectivity index (χ2n) is 5.42. The highest BCUT2D eigenvalue weighted by atomic mass is 79.9. The molecule has 0 aromatic heterocycles. The van der Waals surface area contributed by atoms with Gasteiger partial charge >= 0.3 is 6.03 Å². The van der Waals surface area contributed by atoms with Crippen LogP contribution in [0.2, 0.25) is 0 Å². The Morgan fingerprint density at radius 2 is 1.68 bits per heavy atom. The molecule has 0 aliphatic rings. The fourth-order valence-corrected chi connectivity index (χ4v) is 2.69. The van der Waals surface area contributed by atoms with Gasteiger partial charge in [0.1, 0.15) is 0 Å². The highest BCUT2D eigenvalue weighted by Gasteiger charge is 2.19. The standard InChI is InChI=1S/C18H21BrN2O/c1-13(16-10-7-11-17(19)12-16)20-18(22)21(3)14(2)15-8-5-4-6-9-15/h4-14H,1-3H3,(H,20,22)/t13-,14+/m1/s1. The van der Waals surface area contributed by atoms with E-state index in [2.05, 4.69) is 21.2 Å². The molecule has 4 heteroatoms. The van der Waals surface area contributed by atoms with Crippen molar-refractivity contribution in [2.75, 3.05) is 7.05 Å². The third-order valence-corrected chi connectivity index (χ3v) is 4.37. The summed E-state index contributed by atoms with van der Waals surface area (Å²) in [6.07, 6.45) is 0. The monoisotopic (exact) mass is 360 g/mol. The van der Waals surface area contributed by atoms with Crippen LogP contribution < -0.4 is 5.32 Å². The van der Waals surface area contributed by atoms with Gasteiger partial charge in [-0.1, -0.05) is 58.4 Å². The summed E-state index contributed by atoms with van der Waals surface area (Å²) in [5.41, 5.74) is 2.19. The number of hydrogen-bond acceptors (Lipinski definition) is 1. The molecule has 0 fully saturated rings. The topological polar surface area (TPSA) is 32.3 Å². The van der Waals surface area contributed by atoms with Crippen LogP contribution in [0.3, 0.4) is 0 Å². The minimum absolute atomic E-state index is 0.0240. The predicted molar refractivity (Wildman–Crippen MR) is 93.7 cm³/mol. The molecule has 1 N–H and O–H groups in total. The van der Waals surface area contributed by atoms with Gasteiger partial charge in [0, 0.05) is 11.5 Å². The zero-order chi connectivity index (χ0) is 16.1. The fourth-order valence-electron chi connectivity index (χ4n) is 2.28. The smallest absolute Gasteiger partial charge is 0.318 e. The molecule has 0 spiro atoms. The second-order valence-corrected chi connectivity index (χ2v) is 6.34. The van der Waals surface area contributed by atoms with Gasteiger partial charge in [-0.15, -0.1) is 0 Å². The molecule has 22 heavy (non-hydrogen) atoms. The van der Waals surface area contributed by atoms with Crippen LogP contribution in [0.1, 0.15) is 37.1 Å². The van der Waals surface area contributed by atoms with Crippen LogP contribution in [0.15, 0.2) is 59.1 Å². The van der Waals surface area contributed by atoms with Crippen molar-refractivity contribution in [1.82, 2.24) is 10.2 Å². The van der Waals surface area contributed by atoms with Gasteiger partial charge in [0.05, 0.1) is 12.1 Å². The second kappa shape index (κ2) is 7.45. The minimum Gasteiger partial charge on any atom is -0.331 e. The van der Waals surface area contributed by atoms with E-state index < -0.39 is 0 Å². The summed E-state index contributed by atoms with van der Waals surface area (Å²) in [6, 6.07) is 17.9. The Morgan fingerprint density at radius 3 is 2.32 bits per heavy atom. The molecule has 0 saturated heterocycles. The molecular formula is C18H21BrN2O. The van der Waals surface area contributed by atoms with Gasteiger partial charge in [0.15, 0.2) is 0 Å².